The van der Waals surface area contributed by atoms with Crippen molar-refractivity contribution in [1.29, 1.82) is 0 Å². The van der Waals surface area contributed by atoms with E-state index in [0.29, 0.717) is 0 Å². The summed E-state index contributed by atoms with van der Waals surface area (Å²) in [7, 11) is 0. The predicted octanol–water partition coefficient (Wildman–Crippen LogP) is 3.00. The summed E-state index contributed by atoms with van der Waals surface area (Å²) >= 11 is 11.4. The van der Waals surface area contributed by atoms with E-state index in [1.807, 2.05) is 0 Å². The van der Waals surface area contributed by atoms with E-state index in [0.717, 1.165) is 0 Å². The van der Waals surface area contributed by atoms with E-state index in [1.165, 1.54) is 0 Å². The second-order valence-electron chi connectivity index (χ2n) is 2.31. The van der Waals surface area contributed by atoms with Gasteiger partial charge in [-0.05, 0) is 12.1 Å². The van der Waals surface area contributed by atoms with E-state index in [-0.39, 0.29) is 15.6 Å². The van der Waals surface area contributed by atoms with Gasteiger partial charge in [-0.15, -0.1) is 0 Å². The third-order valence-electron chi connectivity index (χ3n) is 1.48. The van der Waals surface area contributed by atoms with Crippen molar-refractivity contribution in [3.63, 3.8) is 0 Å². The Labute approximate surface area is 79.7 Å². The van der Waals surface area contributed by atoms with Gasteiger partial charge in [-0.1, -0.05) is 29.3 Å². The molecule has 1 rings (SSSR count). The van der Waals surface area contributed by atoms with Crippen LogP contribution in [0.15, 0.2) is 18.2 Å². The first-order valence-corrected chi connectivity index (χ1v) is 4.10. The molecule has 1 nitrogen and oxygen atoms in total. The van der Waals surface area contributed by atoms with Gasteiger partial charge >= 0.3 is 0 Å². The summed E-state index contributed by atoms with van der Waals surface area (Å²) < 4.78 is 12.1. The van der Waals surface area contributed by atoms with Crippen LogP contribution in [0.4, 0.5) is 4.39 Å². The number of hydrogen-bond acceptors (Lipinski definition) is 1. The standard InChI is InChI=1S/C8H7Cl2FO/c9-5-2-1-3-6(10)8(5)7(12)4-11/h1-3,7,12H,4H2. The Morgan fingerprint density at radius 2 is 1.83 bits per heavy atom. The molecule has 66 valence electrons. The summed E-state index contributed by atoms with van der Waals surface area (Å²) in [5.74, 6) is 0. The van der Waals surface area contributed by atoms with Gasteiger partial charge in [-0.2, -0.15) is 0 Å². The third-order valence-corrected chi connectivity index (χ3v) is 2.14. The van der Waals surface area contributed by atoms with Crippen LogP contribution in [0, 0.1) is 0 Å². The highest BCUT2D eigenvalue weighted by atomic mass is 35.5. The molecule has 0 saturated heterocycles. The second kappa shape index (κ2) is 4.08. The van der Waals surface area contributed by atoms with Crippen LogP contribution in [-0.4, -0.2) is 11.8 Å². The van der Waals surface area contributed by atoms with E-state index in [4.69, 9.17) is 28.3 Å². The van der Waals surface area contributed by atoms with Gasteiger partial charge in [0.25, 0.3) is 0 Å². The summed E-state index contributed by atoms with van der Waals surface area (Å²) in [4.78, 5) is 0. The average molecular weight is 209 g/mol. The molecule has 1 atom stereocenters. The molecule has 0 saturated carbocycles. The van der Waals surface area contributed by atoms with Crippen LogP contribution in [-0.2, 0) is 0 Å². The summed E-state index contributed by atoms with van der Waals surface area (Å²) in [6.07, 6.45) is -1.23. The normalized spacial score (nSPS) is 13.0. The lowest BCUT2D eigenvalue weighted by molar-refractivity contribution is 0.142. The van der Waals surface area contributed by atoms with Crippen LogP contribution in [0.1, 0.15) is 11.7 Å². The topological polar surface area (TPSA) is 20.2 Å². The number of alkyl halides is 1. The highest BCUT2D eigenvalue weighted by Crippen LogP contribution is 2.30. The molecule has 12 heavy (non-hydrogen) atoms. The number of benzene rings is 1. The van der Waals surface area contributed by atoms with Gasteiger partial charge in [-0.25, -0.2) is 4.39 Å². The van der Waals surface area contributed by atoms with Gasteiger partial charge in [0.1, 0.15) is 12.8 Å². The lowest BCUT2D eigenvalue weighted by atomic mass is 10.1. The number of aliphatic hydroxyl groups is 1. The second-order valence-corrected chi connectivity index (χ2v) is 3.12. The van der Waals surface area contributed by atoms with Gasteiger partial charge in [0.15, 0.2) is 0 Å². The minimum Gasteiger partial charge on any atom is -0.386 e. The molecule has 0 aliphatic heterocycles. The predicted molar refractivity (Wildman–Crippen MR) is 47.4 cm³/mol. The van der Waals surface area contributed by atoms with Gasteiger partial charge in [-0.3, -0.25) is 0 Å². The molecule has 4 heteroatoms. The fourth-order valence-corrected chi connectivity index (χ4v) is 1.56. The molecule has 1 aromatic carbocycles. The van der Waals surface area contributed by atoms with Gasteiger partial charge in [0.05, 0.1) is 0 Å². The quantitative estimate of drug-likeness (QED) is 0.793. The summed E-state index contributed by atoms with van der Waals surface area (Å²) in [5.41, 5.74) is 0.253. The molecule has 1 aromatic rings. The summed E-state index contributed by atoms with van der Waals surface area (Å²) in [6.45, 7) is -0.885. The zero-order chi connectivity index (χ0) is 9.14. The van der Waals surface area contributed by atoms with E-state index in [2.05, 4.69) is 0 Å². The molecule has 0 aromatic heterocycles. The fourth-order valence-electron chi connectivity index (χ4n) is 0.906. The maximum Gasteiger partial charge on any atom is 0.120 e. The van der Waals surface area contributed by atoms with Crippen LogP contribution in [0.25, 0.3) is 0 Å². The van der Waals surface area contributed by atoms with E-state index >= 15 is 0 Å². The van der Waals surface area contributed by atoms with Gasteiger partial charge in [0.2, 0.25) is 0 Å². The number of rotatable bonds is 2. The molecule has 0 aliphatic rings. The molecule has 0 bridgehead atoms. The molecule has 0 amide bonds. The van der Waals surface area contributed by atoms with Crippen LogP contribution in [0.2, 0.25) is 10.0 Å². The van der Waals surface area contributed by atoms with E-state index < -0.39 is 12.8 Å². The molecular formula is C8H7Cl2FO. The Hall–Kier alpha value is -0.310. The summed E-state index contributed by atoms with van der Waals surface area (Å²) in [6, 6.07) is 4.75. The smallest absolute Gasteiger partial charge is 0.120 e. The largest absolute Gasteiger partial charge is 0.386 e. The van der Waals surface area contributed by atoms with Crippen molar-refractivity contribution in [1.82, 2.24) is 0 Å². The first-order chi connectivity index (χ1) is 5.66. The van der Waals surface area contributed by atoms with Crippen LogP contribution < -0.4 is 0 Å². The molecule has 0 radical (unpaired) electrons. The minimum atomic E-state index is -1.23. The average Bonchev–Trinajstić information content (AvgIpc) is 2.03. The van der Waals surface area contributed by atoms with Crippen molar-refractivity contribution in [2.75, 3.05) is 6.67 Å². The summed E-state index contributed by atoms with van der Waals surface area (Å²) in [5, 5.41) is 9.72. The van der Waals surface area contributed by atoms with Crippen LogP contribution in [0.3, 0.4) is 0 Å². The Morgan fingerprint density at radius 3 is 2.25 bits per heavy atom. The Bertz CT molecular complexity index is 258. The van der Waals surface area contributed by atoms with Crippen molar-refractivity contribution < 1.29 is 9.50 Å². The maximum absolute atomic E-state index is 12.1. The fraction of sp³-hybridized carbons (Fsp3) is 0.250. The van der Waals surface area contributed by atoms with Crippen molar-refractivity contribution in [3.8, 4) is 0 Å². The zero-order valence-electron chi connectivity index (χ0n) is 6.10. The van der Waals surface area contributed by atoms with Crippen molar-refractivity contribution >= 4 is 23.2 Å². The molecule has 0 aliphatic carbocycles. The lowest BCUT2D eigenvalue weighted by Gasteiger charge is -2.09. The molecule has 0 fully saturated rings. The monoisotopic (exact) mass is 208 g/mol. The molecule has 1 N–H and O–H groups in total. The minimum absolute atomic E-state index is 0.253. The molecular weight excluding hydrogens is 202 g/mol. The molecule has 0 spiro atoms. The van der Waals surface area contributed by atoms with Crippen LogP contribution >= 0.6 is 23.2 Å². The lowest BCUT2D eigenvalue weighted by Crippen LogP contribution is -2.00. The number of aliphatic hydroxyl groups excluding tert-OH is 1. The first kappa shape index (κ1) is 9.78. The van der Waals surface area contributed by atoms with Gasteiger partial charge in [0, 0.05) is 15.6 Å². The third kappa shape index (κ3) is 1.89. The van der Waals surface area contributed by atoms with Crippen LogP contribution in [0.5, 0.6) is 0 Å². The SMILES string of the molecule is OC(CF)c1c(Cl)cccc1Cl. The number of halogens is 3. The highest BCUT2D eigenvalue weighted by molar-refractivity contribution is 6.36. The number of hydrogen-bond donors (Lipinski definition) is 1. The van der Waals surface area contributed by atoms with E-state index in [1.54, 1.807) is 18.2 Å². The molecule has 1 unspecified atom stereocenters. The van der Waals surface area contributed by atoms with E-state index in [9.17, 15) is 4.39 Å². The van der Waals surface area contributed by atoms with Crippen molar-refractivity contribution in [3.05, 3.63) is 33.8 Å². The first-order valence-electron chi connectivity index (χ1n) is 3.34. The highest BCUT2D eigenvalue weighted by Gasteiger charge is 2.14. The Morgan fingerprint density at radius 1 is 1.33 bits per heavy atom. The Balaban J connectivity index is 3.12. The molecule has 0 heterocycles. The zero-order valence-corrected chi connectivity index (χ0v) is 7.61. The Kier molecular flexibility index (Phi) is 3.32. The van der Waals surface area contributed by atoms with Crippen molar-refractivity contribution in [2.45, 2.75) is 6.10 Å². The van der Waals surface area contributed by atoms with Crippen molar-refractivity contribution in [2.24, 2.45) is 0 Å². The van der Waals surface area contributed by atoms with Gasteiger partial charge < -0.3 is 5.11 Å². The maximum atomic E-state index is 12.1.